The Balaban J connectivity index is 1.46. The molecule has 2 aliphatic rings. The second kappa shape index (κ2) is 7.67. The number of rotatable bonds is 3. The maximum absolute atomic E-state index is 6.40. The Morgan fingerprint density at radius 2 is 2.07 bits per heavy atom. The molecule has 2 aromatic rings. The molecule has 2 atom stereocenters. The van der Waals surface area contributed by atoms with E-state index in [0.717, 1.165) is 48.9 Å². The molecule has 0 radical (unpaired) electrons. The maximum Gasteiger partial charge on any atom is 0.158 e. The van der Waals surface area contributed by atoms with Crippen LogP contribution >= 0.6 is 23.4 Å². The summed E-state index contributed by atoms with van der Waals surface area (Å²) in [4.78, 5) is 16.4. The molecule has 9 heteroatoms. The summed E-state index contributed by atoms with van der Waals surface area (Å²) in [5.74, 6) is 1.21. The quantitative estimate of drug-likeness (QED) is 0.781. The molecular formula is C19H25ClN6OS. The fourth-order valence-corrected chi connectivity index (χ4v) is 5.03. The zero-order valence-electron chi connectivity index (χ0n) is 16.1. The van der Waals surface area contributed by atoms with Crippen molar-refractivity contribution in [2.75, 3.05) is 30.3 Å². The Bertz CT molecular complexity index is 873. The van der Waals surface area contributed by atoms with Crippen LogP contribution in [0.3, 0.4) is 0 Å². The third-order valence-electron chi connectivity index (χ3n) is 5.92. The summed E-state index contributed by atoms with van der Waals surface area (Å²) < 4.78 is 5.80. The largest absolute Gasteiger partial charge is 0.381 e. The number of aromatic nitrogens is 3. The zero-order valence-corrected chi connectivity index (χ0v) is 17.6. The topological polar surface area (TPSA) is 103 Å². The number of nitrogen functional groups attached to an aromatic ring is 1. The smallest absolute Gasteiger partial charge is 0.158 e. The molecule has 0 amide bonds. The van der Waals surface area contributed by atoms with E-state index in [9.17, 15) is 0 Å². The lowest BCUT2D eigenvalue weighted by molar-refractivity contribution is 0.0974. The van der Waals surface area contributed by atoms with Gasteiger partial charge in [-0.3, -0.25) is 4.98 Å². The first-order valence-corrected chi connectivity index (χ1v) is 10.6. The standard InChI is InChI=1S/C19H25ClN6OS/c1-11-15(20)13(3-6-23-11)28-18-17(22)25-14(9-24-18)26-7-4-19(5-8-26)10-27-12(2)16(19)21/h3,6,9,12,16H,4-5,7-8,10,21H2,1-2H3,(H2,22,25)/t12-,16+/m0/s1. The number of nitrogens with zero attached hydrogens (tertiary/aromatic N) is 4. The van der Waals surface area contributed by atoms with E-state index in [0.29, 0.717) is 15.9 Å². The molecule has 0 aromatic carbocycles. The summed E-state index contributed by atoms with van der Waals surface area (Å²) in [5, 5.41) is 1.26. The molecule has 4 rings (SSSR count). The van der Waals surface area contributed by atoms with Crippen LogP contribution in [-0.4, -0.2) is 46.8 Å². The molecule has 4 heterocycles. The van der Waals surface area contributed by atoms with Gasteiger partial charge in [0.1, 0.15) is 10.8 Å². The molecule has 2 fully saturated rings. The van der Waals surface area contributed by atoms with E-state index in [4.69, 9.17) is 27.8 Å². The summed E-state index contributed by atoms with van der Waals surface area (Å²) in [5.41, 5.74) is 13.5. The van der Waals surface area contributed by atoms with Crippen molar-refractivity contribution >= 4 is 35.0 Å². The van der Waals surface area contributed by atoms with Gasteiger partial charge in [-0.2, -0.15) is 0 Å². The van der Waals surface area contributed by atoms with Gasteiger partial charge < -0.3 is 21.1 Å². The first kappa shape index (κ1) is 19.7. The van der Waals surface area contributed by atoms with E-state index in [2.05, 4.69) is 26.8 Å². The molecule has 0 aliphatic carbocycles. The van der Waals surface area contributed by atoms with Gasteiger partial charge in [-0.25, -0.2) is 9.97 Å². The normalized spacial score (nSPS) is 24.1. The fourth-order valence-electron chi connectivity index (χ4n) is 3.98. The summed E-state index contributed by atoms with van der Waals surface area (Å²) in [6, 6.07) is 1.95. The lowest BCUT2D eigenvalue weighted by Crippen LogP contribution is -2.50. The molecule has 4 N–H and O–H groups in total. The van der Waals surface area contributed by atoms with Gasteiger partial charge >= 0.3 is 0 Å². The van der Waals surface area contributed by atoms with Crippen LogP contribution in [0.4, 0.5) is 11.6 Å². The minimum atomic E-state index is 0.0840. The minimum absolute atomic E-state index is 0.0840. The second-order valence-electron chi connectivity index (χ2n) is 7.62. The van der Waals surface area contributed by atoms with Crippen LogP contribution in [-0.2, 0) is 4.74 Å². The van der Waals surface area contributed by atoms with Gasteiger partial charge in [0.25, 0.3) is 0 Å². The first-order valence-electron chi connectivity index (χ1n) is 9.43. The summed E-state index contributed by atoms with van der Waals surface area (Å²) in [6.07, 6.45) is 5.61. The van der Waals surface area contributed by atoms with Gasteiger partial charge in [0.15, 0.2) is 5.82 Å². The summed E-state index contributed by atoms with van der Waals surface area (Å²) in [7, 11) is 0. The second-order valence-corrected chi connectivity index (χ2v) is 9.03. The molecule has 2 aromatic heterocycles. The van der Waals surface area contributed by atoms with Gasteiger partial charge in [0.05, 0.1) is 29.6 Å². The maximum atomic E-state index is 6.40. The molecule has 7 nitrogen and oxygen atoms in total. The number of aryl methyl sites for hydroxylation is 1. The Kier molecular flexibility index (Phi) is 5.39. The predicted molar refractivity (Wildman–Crippen MR) is 112 cm³/mol. The van der Waals surface area contributed by atoms with E-state index in [1.807, 2.05) is 13.0 Å². The highest BCUT2D eigenvalue weighted by atomic mass is 35.5. The lowest BCUT2D eigenvalue weighted by Gasteiger charge is -2.41. The minimum Gasteiger partial charge on any atom is -0.381 e. The molecule has 150 valence electrons. The van der Waals surface area contributed by atoms with Crippen LogP contribution in [0.5, 0.6) is 0 Å². The van der Waals surface area contributed by atoms with Gasteiger partial charge in [-0.05, 0) is 32.8 Å². The molecule has 0 bridgehead atoms. The molecule has 0 saturated carbocycles. The van der Waals surface area contributed by atoms with Gasteiger partial charge in [-0.1, -0.05) is 23.4 Å². The fraction of sp³-hybridized carbons (Fsp3) is 0.526. The number of halogens is 1. The Morgan fingerprint density at radius 3 is 2.71 bits per heavy atom. The SMILES string of the molecule is Cc1nccc(Sc2ncc(N3CCC4(CC3)CO[C@@H](C)[C@H]4N)nc2N)c1Cl. The summed E-state index contributed by atoms with van der Waals surface area (Å²) >= 11 is 7.73. The predicted octanol–water partition coefficient (Wildman–Crippen LogP) is 2.90. The van der Waals surface area contributed by atoms with Crippen LogP contribution in [0, 0.1) is 12.3 Å². The van der Waals surface area contributed by atoms with Crippen molar-refractivity contribution in [3.05, 3.63) is 29.2 Å². The van der Waals surface area contributed by atoms with Crippen molar-refractivity contribution in [1.29, 1.82) is 0 Å². The van der Waals surface area contributed by atoms with Crippen LogP contribution in [0.1, 0.15) is 25.5 Å². The molecule has 2 saturated heterocycles. The van der Waals surface area contributed by atoms with Crippen molar-refractivity contribution in [3.63, 3.8) is 0 Å². The van der Waals surface area contributed by atoms with Crippen molar-refractivity contribution < 1.29 is 4.74 Å². The van der Waals surface area contributed by atoms with Crippen molar-refractivity contribution in [3.8, 4) is 0 Å². The number of pyridine rings is 1. The first-order chi connectivity index (χ1) is 13.4. The number of anilines is 2. The van der Waals surface area contributed by atoms with E-state index in [-0.39, 0.29) is 17.6 Å². The van der Waals surface area contributed by atoms with Crippen LogP contribution < -0.4 is 16.4 Å². The average molecular weight is 421 g/mol. The summed E-state index contributed by atoms with van der Waals surface area (Å²) in [6.45, 7) is 6.43. The third kappa shape index (κ3) is 3.54. The van der Waals surface area contributed by atoms with E-state index < -0.39 is 0 Å². The van der Waals surface area contributed by atoms with Crippen LogP contribution in [0.2, 0.25) is 5.02 Å². The van der Waals surface area contributed by atoms with Gasteiger partial charge in [0, 0.05) is 35.6 Å². The lowest BCUT2D eigenvalue weighted by atomic mass is 9.73. The van der Waals surface area contributed by atoms with Crippen molar-refractivity contribution in [1.82, 2.24) is 15.0 Å². The highest BCUT2D eigenvalue weighted by molar-refractivity contribution is 7.99. The molecule has 28 heavy (non-hydrogen) atoms. The molecule has 1 spiro atoms. The Morgan fingerprint density at radius 1 is 1.32 bits per heavy atom. The van der Waals surface area contributed by atoms with E-state index in [1.54, 1.807) is 12.4 Å². The Labute approximate surface area is 174 Å². The molecular weight excluding hydrogens is 396 g/mol. The monoisotopic (exact) mass is 420 g/mol. The molecule has 0 unspecified atom stereocenters. The Hall–Kier alpha value is -1.61. The number of hydrogen-bond acceptors (Lipinski definition) is 8. The van der Waals surface area contributed by atoms with E-state index in [1.165, 1.54) is 11.8 Å². The van der Waals surface area contributed by atoms with Crippen molar-refractivity contribution in [2.45, 2.75) is 48.8 Å². The molecule has 2 aliphatic heterocycles. The van der Waals surface area contributed by atoms with Crippen molar-refractivity contribution in [2.24, 2.45) is 11.1 Å². The zero-order chi connectivity index (χ0) is 19.9. The van der Waals surface area contributed by atoms with E-state index >= 15 is 0 Å². The third-order valence-corrected chi connectivity index (χ3v) is 7.57. The number of piperidine rings is 1. The number of hydrogen-bond donors (Lipinski definition) is 2. The number of ether oxygens (including phenoxy) is 1. The van der Waals surface area contributed by atoms with Gasteiger partial charge in [-0.15, -0.1) is 0 Å². The van der Waals surface area contributed by atoms with Crippen LogP contribution in [0.15, 0.2) is 28.4 Å². The number of nitrogens with two attached hydrogens (primary N) is 2. The average Bonchev–Trinajstić information content (AvgIpc) is 2.96. The van der Waals surface area contributed by atoms with Crippen LogP contribution in [0.25, 0.3) is 0 Å². The highest BCUT2D eigenvalue weighted by Gasteiger charge is 2.47. The van der Waals surface area contributed by atoms with Gasteiger partial charge in [0.2, 0.25) is 0 Å². The highest BCUT2D eigenvalue weighted by Crippen LogP contribution is 2.42.